The van der Waals surface area contributed by atoms with Crippen LogP contribution in [0.25, 0.3) is 0 Å². The van der Waals surface area contributed by atoms with Crippen LogP contribution < -0.4 is 15.4 Å². The van der Waals surface area contributed by atoms with E-state index in [0.717, 1.165) is 24.0 Å². The summed E-state index contributed by atoms with van der Waals surface area (Å²) in [5.41, 5.74) is 6.81. The van der Waals surface area contributed by atoms with Crippen LogP contribution in [-0.4, -0.2) is 24.7 Å². The van der Waals surface area contributed by atoms with Gasteiger partial charge in [-0.3, -0.25) is 0 Å². The fraction of sp³-hybridized carbons (Fsp3) is 0.615. The summed E-state index contributed by atoms with van der Waals surface area (Å²) in [5.74, 6) is 2.41. The Bertz CT molecular complexity index is 413. The molecule has 17 heavy (non-hydrogen) atoms. The van der Waals surface area contributed by atoms with Crippen molar-refractivity contribution in [1.29, 1.82) is 0 Å². The first-order valence-electron chi connectivity index (χ1n) is 6.35. The van der Waals surface area contributed by atoms with Gasteiger partial charge in [-0.15, -0.1) is 0 Å². The van der Waals surface area contributed by atoms with Gasteiger partial charge in [0.15, 0.2) is 5.82 Å². The van der Waals surface area contributed by atoms with E-state index in [-0.39, 0.29) is 0 Å². The monoisotopic (exact) mass is 233 g/mol. The van der Waals surface area contributed by atoms with Gasteiger partial charge >= 0.3 is 0 Å². The van der Waals surface area contributed by atoms with Gasteiger partial charge in [-0.05, 0) is 37.7 Å². The van der Waals surface area contributed by atoms with Crippen LogP contribution in [0.2, 0.25) is 0 Å². The summed E-state index contributed by atoms with van der Waals surface area (Å²) in [6.45, 7) is 1.11. The van der Waals surface area contributed by atoms with Gasteiger partial charge in [-0.2, -0.15) is 4.98 Å². The van der Waals surface area contributed by atoms with E-state index in [1.54, 1.807) is 7.11 Å². The molecule has 2 saturated carbocycles. The van der Waals surface area contributed by atoms with Gasteiger partial charge in [0.1, 0.15) is 0 Å². The Morgan fingerprint density at radius 1 is 1.35 bits per heavy atom. The number of pyridine rings is 1. The molecule has 0 unspecified atom stereocenters. The molecule has 0 radical (unpaired) electrons. The highest BCUT2D eigenvalue weighted by atomic mass is 16.5. The Morgan fingerprint density at radius 3 is 2.71 bits per heavy atom. The molecule has 0 bridgehead atoms. The Hall–Kier alpha value is -1.45. The number of methoxy groups -OCH3 is 1. The Labute approximate surface area is 102 Å². The highest BCUT2D eigenvalue weighted by Crippen LogP contribution is 2.39. The number of nitrogens with zero attached hydrogens (tertiary/aromatic N) is 2. The van der Waals surface area contributed by atoms with Gasteiger partial charge < -0.3 is 15.4 Å². The van der Waals surface area contributed by atoms with Crippen molar-refractivity contribution >= 4 is 11.5 Å². The third kappa shape index (κ3) is 2.30. The molecular weight excluding hydrogens is 214 g/mol. The fourth-order valence-electron chi connectivity index (χ4n) is 2.16. The molecule has 0 amide bonds. The van der Waals surface area contributed by atoms with E-state index < -0.39 is 0 Å². The van der Waals surface area contributed by atoms with Crippen molar-refractivity contribution in [2.75, 3.05) is 24.3 Å². The van der Waals surface area contributed by atoms with Crippen LogP contribution >= 0.6 is 0 Å². The molecule has 1 aromatic rings. The number of anilines is 2. The second kappa shape index (κ2) is 4.09. The number of aromatic nitrogens is 1. The van der Waals surface area contributed by atoms with Crippen LogP contribution in [0, 0.1) is 5.92 Å². The van der Waals surface area contributed by atoms with Crippen molar-refractivity contribution in [3.05, 3.63) is 12.1 Å². The highest BCUT2D eigenvalue weighted by molar-refractivity contribution is 5.64. The molecule has 0 aromatic carbocycles. The van der Waals surface area contributed by atoms with E-state index in [4.69, 9.17) is 10.5 Å². The minimum atomic E-state index is 0.649. The van der Waals surface area contributed by atoms with Gasteiger partial charge in [-0.25, -0.2) is 0 Å². The smallest absolute Gasteiger partial charge is 0.215 e. The quantitative estimate of drug-likeness (QED) is 0.845. The fourth-order valence-corrected chi connectivity index (χ4v) is 2.16. The van der Waals surface area contributed by atoms with Crippen molar-refractivity contribution in [3.8, 4) is 5.88 Å². The first kappa shape index (κ1) is 10.7. The lowest BCUT2D eigenvalue weighted by atomic mass is 10.3. The van der Waals surface area contributed by atoms with Crippen molar-refractivity contribution in [2.45, 2.75) is 31.7 Å². The summed E-state index contributed by atoms with van der Waals surface area (Å²) in [5, 5.41) is 0. The lowest BCUT2D eigenvalue weighted by Gasteiger charge is -2.25. The summed E-state index contributed by atoms with van der Waals surface area (Å²) < 4.78 is 5.19. The van der Waals surface area contributed by atoms with E-state index in [0.29, 0.717) is 11.9 Å². The van der Waals surface area contributed by atoms with E-state index in [9.17, 15) is 0 Å². The van der Waals surface area contributed by atoms with E-state index in [1.165, 1.54) is 25.7 Å². The lowest BCUT2D eigenvalue weighted by molar-refractivity contribution is 0.398. The number of hydrogen-bond acceptors (Lipinski definition) is 4. The predicted molar refractivity (Wildman–Crippen MR) is 68.3 cm³/mol. The van der Waals surface area contributed by atoms with Crippen molar-refractivity contribution in [2.24, 2.45) is 5.92 Å². The maximum absolute atomic E-state index is 6.05. The van der Waals surface area contributed by atoms with Crippen molar-refractivity contribution in [3.63, 3.8) is 0 Å². The zero-order chi connectivity index (χ0) is 11.8. The van der Waals surface area contributed by atoms with E-state index in [2.05, 4.69) is 9.88 Å². The minimum absolute atomic E-state index is 0.649. The SMILES string of the molecule is COc1ccc(N)c(N(CC2CC2)C2CC2)n1. The highest BCUT2D eigenvalue weighted by Gasteiger charge is 2.35. The topological polar surface area (TPSA) is 51.4 Å². The van der Waals surface area contributed by atoms with Crippen LogP contribution in [0.1, 0.15) is 25.7 Å². The normalized spacial score (nSPS) is 19.1. The summed E-state index contributed by atoms with van der Waals surface area (Å²) in [7, 11) is 1.64. The third-order valence-electron chi connectivity index (χ3n) is 3.50. The van der Waals surface area contributed by atoms with Crippen LogP contribution in [0.15, 0.2) is 12.1 Å². The molecule has 1 heterocycles. The molecule has 0 aliphatic heterocycles. The van der Waals surface area contributed by atoms with Crippen LogP contribution in [0.4, 0.5) is 11.5 Å². The molecule has 3 rings (SSSR count). The maximum Gasteiger partial charge on any atom is 0.215 e. The molecule has 2 aliphatic carbocycles. The zero-order valence-corrected chi connectivity index (χ0v) is 10.2. The van der Waals surface area contributed by atoms with Crippen LogP contribution in [-0.2, 0) is 0 Å². The zero-order valence-electron chi connectivity index (χ0n) is 10.2. The molecular formula is C13H19N3O. The molecule has 0 saturated heterocycles. The average Bonchev–Trinajstić information content (AvgIpc) is 3.19. The molecule has 0 atom stereocenters. The van der Waals surface area contributed by atoms with Gasteiger partial charge in [-0.1, -0.05) is 0 Å². The maximum atomic E-state index is 6.05. The molecule has 4 nitrogen and oxygen atoms in total. The van der Waals surface area contributed by atoms with Gasteiger partial charge in [0.25, 0.3) is 0 Å². The Morgan fingerprint density at radius 2 is 2.12 bits per heavy atom. The van der Waals surface area contributed by atoms with Gasteiger partial charge in [0.05, 0.1) is 12.8 Å². The van der Waals surface area contributed by atoms with Gasteiger partial charge in [0.2, 0.25) is 5.88 Å². The first-order chi connectivity index (χ1) is 8.28. The number of hydrogen-bond donors (Lipinski definition) is 1. The molecule has 0 spiro atoms. The Balaban J connectivity index is 1.87. The lowest BCUT2D eigenvalue weighted by Crippen LogP contribution is -2.29. The van der Waals surface area contributed by atoms with Gasteiger partial charge in [0, 0.05) is 18.7 Å². The summed E-state index contributed by atoms with van der Waals surface area (Å²) in [6, 6.07) is 4.36. The Kier molecular flexibility index (Phi) is 2.57. The molecule has 2 aliphatic rings. The third-order valence-corrected chi connectivity index (χ3v) is 3.50. The minimum Gasteiger partial charge on any atom is -0.481 e. The number of nitrogen functional groups attached to an aromatic ring is 1. The van der Waals surface area contributed by atoms with Crippen LogP contribution in [0.3, 0.4) is 0 Å². The number of rotatable bonds is 5. The average molecular weight is 233 g/mol. The molecule has 2 fully saturated rings. The molecule has 1 aromatic heterocycles. The second-order valence-corrected chi connectivity index (χ2v) is 5.09. The molecule has 92 valence electrons. The molecule has 2 N–H and O–H groups in total. The second-order valence-electron chi connectivity index (χ2n) is 5.09. The van der Waals surface area contributed by atoms with Crippen LogP contribution in [0.5, 0.6) is 5.88 Å². The van der Waals surface area contributed by atoms with Crippen molar-refractivity contribution < 1.29 is 4.74 Å². The largest absolute Gasteiger partial charge is 0.481 e. The van der Waals surface area contributed by atoms with Crippen molar-refractivity contribution in [1.82, 2.24) is 4.98 Å². The standard InChI is InChI=1S/C13H19N3O/c1-17-12-7-6-11(14)13(15-12)16(10-4-5-10)8-9-2-3-9/h6-7,9-10H,2-5,8,14H2,1H3. The summed E-state index contributed by atoms with van der Waals surface area (Å²) in [6.07, 6.45) is 5.25. The number of nitrogens with two attached hydrogens (primary N) is 1. The van der Waals surface area contributed by atoms with E-state index >= 15 is 0 Å². The van der Waals surface area contributed by atoms with E-state index in [1.807, 2.05) is 12.1 Å². The summed E-state index contributed by atoms with van der Waals surface area (Å²) >= 11 is 0. The summed E-state index contributed by atoms with van der Waals surface area (Å²) in [4.78, 5) is 6.90. The number of ether oxygens (including phenoxy) is 1. The first-order valence-corrected chi connectivity index (χ1v) is 6.35. The molecule has 4 heteroatoms. The predicted octanol–water partition coefficient (Wildman–Crippen LogP) is 2.05.